The van der Waals surface area contributed by atoms with Crippen LogP contribution in [0, 0.1) is 13.8 Å². The quantitative estimate of drug-likeness (QED) is 0.185. The van der Waals surface area contributed by atoms with Crippen molar-refractivity contribution in [1.82, 2.24) is 4.90 Å². The van der Waals surface area contributed by atoms with Gasteiger partial charge in [0.1, 0.15) is 0 Å². The molecule has 0 aliphatic carbocycles. The molecule has 0 saturated heterocycles. The predicted molar refractivity (Wildman–Crippen MR) is 144 cm³/mol. The van der Waals surface area contributed by atoms with Crippen LogP contribution < -0.4 is 0 Å². The van der Waals surface area contributed by atoms with Gasteiger partial charge in [0, 0.05) is 19.5 Å². The van der Waals surface area contributed by atoms with Crippen LogP contribution in [-0.4, -0.2) is 91.4 Å². The minimum atomic E-state index is -3.92. The highest BCUT2D eigenvalue weighted by molar-refractivity contribution is 7.87. The summed E-state index contributed by atoms with van der Waals surface area (Å²) in [6.07, 6.45) is -0.558. The van der Waals surface area contributed by atoms with E-state index >= 15 is 0 Å². The summed E-state index contributed by atoms with van der Waals surface area (Å²) in [6.45, 7) is 3.42. The monoisotopic (exact) mass is 601 g/mol. The Morgan fingerprint density at radius 1 is 0.650 bits per heavy atom. The van der Waals surface area contributed by atoms with Crippen LogP contribution in [0.5, 0.6) is 0 Å². The molecule has 0 aliphatic rings. The first-order valence-corrected chi connectivity index (χ1v) is 15.3. The molecule has 0 fully saturated rings. The van der Waals surface area contributed by atoms with Crippen molar-refractivity contribution >= 4 is 32.1 Å². The lowest BCUT2D eigenvalue weighted by Crippen LogP contribution is -2.37. The number of hydrogen-bond acceptors (Lipinski definition) is 10. The van der Waals surface area contributed by atoms with E-state index in [9.17, 15) is 26.4 Å². The van der Waals surface area contributed by atoms with Crippen LogP contribution in [0.2, 0.25) is 0 Å². The van der Waals surface area contributed by atoms with Gasteiger partial charge in [-0.05, 0) is 38.1 Å². The molecule has 0 atom stereocenters. The first kappa shape index (κ1) is 33.3. The Morgan fingerprint density at radius 2 is 1.05 bits per heavy atom. The minimum Gasteiger partial charge on any atom is -0.481 e. The average Bonchev–Trinajstić information content (AvgIpc) is 2.90. The van der Waals surface area contributed by atoms with Gasteiger partial charge in [-0.3, -0.25) is 18.0 Å². The number of ether oxygens (including phenoxy) is 2. The van der Waals surface area contributed by atoms with Crippen LogP contribution in [0.3, 0.4) is 0 Å². The van der Waals surface area contributed by atoms with Crippen LogP contribution in [0.1, 0.15) is 24.0 Å². The van der Waals surface area contributed by atoms with E-state index < -0.39 is 32.1 Å². The smallest absolute Gasteiger partial charge is 0.303 e. The van der Waals surface area contributed by atoms with Gasteiger partial charge in [0.2, 0.25) is 5.91 Å². The summed E-state index contributed by atoms with van der Waals surface area (Å²) in [5, 5.41) is 8.87. The molecule has 0 unspecified atom stereocenters. The SMILES string of the molecule is Cc1ccc(S(=O)(=O)OCCOCCN(CCOCCOS(=O)(=O)c2ccc(C)cc2)C(=O)CCC(=O)O)cc1. The number of aryl methyl sites for hydroxylation is 2. The molecule has 1 amide bonds. The van der Waals surface area contributed by atoms with Crippen LogP contribution in [0.15, 0.2) is 58.3 Å². The van der Waals surface area contributed by atoms with E-state index in [0.29, 0.717) is 0 Å². The lowest BCUT2D eigenvalue weighted by atomic mass is 10.2. The lowest BCUT2D eigenvalue weighted by molar-refractivity contribution is -0.141. The number of hydrogen-bond donors (Lipinski definition) is 1. The normalized spacial score (nSPS) is 11.8. The van der Waals surface area contributed by atoms with Gasteiger partial charge in [-0.1, -0.05) is 35.4 Å². The summed E-state index contributed by atoms with van der Waals surface area (Å²) < 4.78 is 69.5. The van der Waals surface area contributed by atoms with Crippen molar-refractivity contribution in [2.45, 2.75) is 36.5 Å². The van der Waals surface area contributed by atoms with Gasteiger partial charge in [0.05, 0.1) is 55.9 Å². The third-order valence-electron chi connectivity index (χ3n) is 5.47. The molecule has 14 heteroatoms. The molecular weight excluding hydrogens is 566 g/mol. The number of benzene rings is 2. The highest BCUT2D eigenvalue weighted by Crippen LogP contribution is 2.14. The largest absolute Gasteiger partial charge is 0.481 e. The lowest BCUT2D eigenvalue weighted by Gasteiger charge is -2.22. The molecule has 222 valence electrons. The third kappa shape index (κ3) is 12.1. The Hall–Kier alpha value is -2.88. The van der Waals surface area contributed by atoms with Crippen molar-refractivity contribution in [3.63, 3.8) is 0 Å². The van der Waals surface area contributed by atoms with Crippen LogP contribution in [0.25, 0.3) is 0 Å². The molecule has 12 nitrogen and oxygen atoms in total. The summed E-state index contributed by atoms with van der Waals surface area (Å²) in [7, 11) is -7.84. The van der Waals surface area contributed by atoms with Crippen molar-refractivity contribution in [2.24, 2.45) is 0 Å². The van der Waals surface area contributed by atoms with Crippen molar-refractivity contribution in [3.05, 3.63) is 59.7 Å². The van der Waals surface area contributed by atoms with E-state index in [0.717, 1.165) is 11.1 Å². The molecule has 1 N–H and O–H groups in total. The van der Waals surface area contributed by atoms with Crippen molar-refractivity contribution in [1.29, 1.82) is 0 Å². The summed E-state index contributed by atoms with van der Waals surface area (Å²) in [6, 6.07) is 12.4. The fourth-order valence-corrected chi connectivity index (χ4v) is 5.02. The van der Waals surface area contributed by atoms with Gasteiger partial charge >= 0.3 is 5.97 Å². The van der Waals surface area contributed by atoms with Gasteiger partial charge in [-0.25, -0.2) is 0 Å². The molecule has 0 bridgehead atoms. The van der Waals surface area contributed by atoms with Crippen LogP contribution >= 0.6 is 0 Å². The number of carboxylic acid groups (broad SMARTS) is 1. The third-order valence-corrected chi connectivity index (χ3v) is 8.12. The molecule has 0 radical (unpaired) electrons. The number of amides is 1. The summed E-state index contributed by atoms with van der Waals surface area (Å²) in [4.78, 5) is 24.7. The molecule has 2 aromatic carbocycles. The Morgan fingerprint density at radius 3 is 1.43 bits per heavy atom. The zero-order valence-corrected chi connectivity index (χ0v) is 24.1. The van der Waals surface area contributed by atoms with Crippen LogP contribution in [0.4, 0.5) is 0 Å². The standard InChI is InChI=1S/C26H35NO11S2/c1-21-3-7-23(8-4-21)39(31,32)37-19-17-35-15-13-27(25(28)11-12-26(29)30)14-16-36-18-20-38-40(33,34)24-9-5-22(2)6-10-24/h3-10H,11-20H2,1-2H3,(H,29,30). The zero-order chi connectivity index (χ0) is 29.6. The Balaban J connectivity index is 1.72. The topological polar surface area (TPSA) is 163 Å². The first-order chi connectivity index (χ1) is 18.9. The summed E-state index contributed by atoms with van der Waals surface area (Å²) in [5.41, 5.74) is 1.82. The molecule has 40 heavy (non-hydrogen) atoms. The molecular formula is C26H35NO11S2. The van der Waals surface area contributed by atoms with E-state index in [-0.39, 0.29) is 75.4 Å². The van der Waals surface area contributed by atoms with Crippen molar-refractivity contribution in [2.75, 3.05) is 52.7 Å². The van der Waals surface area contributed by atoms with Gasteiger partial charge in [-0.2, -0.15) is 16.8 Å². The fourth-order valence-electron chi connectivity index (χ4n) is 3.24. The van der Waals surface area contributed by atoms with E-state index in [1.165, 1.54) is 29.2 Å². The Kier molecular flexibility index (Phi) is 13.7. The maximum absolute atomic E-state index is 12.5. The maximum Gasteiger partial charge on any atom is 0.303 e. The fraction of sp³-hybridized carbons (Fsp3) is 0.462. The van der Waals surface area contributed by atoms with E-state index in [2.05, 4.69) is 0 Å². The summed E-state index contributed by atoms with van der Waals surface area (Å²) in [5.74, 6) is -1.54. The molecule has 0 aliphatic heterocycles. The summed E-state index contributed by atoms with van der Waals surface area (Å²) >= 11 is 0. The maximum atomic E-state index is 12.5. The Bertz CT molecular complexity index is 1210. The van der Waals surface area contributed by atoms with E-state index in [1.807, 2.05) is 13.8 Å². The van der Waals surface area contributed by atoms with Crippen molar-refractivity contribution < 1.29 is 49.4 Å². The number of rotatable bonds is 19. The van der Waals surface area contributed by atoms with Gasteiger partial charge in [0.25, 0.3) is 20.2 Å². The second-order valence-corrected chi connectivity index (χ2v) is 11.9. The number of aliphatic carboxylic acids is 1. The van der Waals surface area contributed by atoms with Gasteiger partial charge < -0.3 is 19.5 Å². The number of carbonyl (C=O) groups is 2. The number of nitrogens with zero attached hydrogens (tertiary/aromatic N) is 1. The molecule has 2 rings (SSSR count). The van der Waals surface area contributed by atoms with E-state index in [1.54, 1.807) is 24.3 Å². The Labute approximate surface area is 235 Å². The first-order valence-electron chi connectivity index (χ1n) is 12.5. The minimum absolute atomic E-state index is 0.0338. The highest BCUT2D eigenvalue weighted by atomic mass is 32.2. The number of carbonyl (C=O) groups excluding carboxylic acids is 1. The van der Waals surface area contributed by atoms with Gasteiger partial charge in [-0.15, -0.1) is 0 Å². The molecule has 2 aromatic rings. The molecule has 0 heterocycles. The molecule has 0 spiro atoms. The van der Waals surface area contributed by atoms with Gasteiger partial charge in [0.15, 0.2) is 0 Å². The zero-order valence-electron chi connectivity index (χ0n) is 22.5. The number of carboxylic acids is 1. The van der Waals surface area contributed by atoms with Crippen molar-refractivity contribution in [3.8, 4) is 0 Å². The average molecular weight is 602 g/mol. The second kappa shape index (κ2) is 16.4. The second-order valence-electron chi connectivity index (χ2n) is 8.68. The van der Waals surface area contributed by atoms with E-state index in [4.69, 9.17) is 22.9 Å². The van der Waals surface area contributed by atoms with Crippen LogP contribution in [-0.2, 0) is 47.7 Å². The molecule has 0 aromatic heterocycles. The predicted octanol–water partition coefficient (Wildman–Crippen LogP) is 2.14. The highest BCUT2D eigenvalue weighted by Gasteiger charge is 2.17. The molecule has 0 saturated carbocycles.